The fourth-order valence-electron chi connectivity index (χ4n) is 2.06. The van der Waals surface area contributed by atoms with Gasteiger partial charge in [-0.2, -0.15) is 13.5 Å². The molecule has 0 fully saturated rings. The Labute approximate surface area is 142 Å². The largest absolute Gasteiger partial charge is 0.434 e. The van der Waals surface area contributed by atoms with Crippen molar-refractivity contribution in [1.29, 1.82) is 0 Å². The van der Waals surface area contributed by atoms with Crippen LogP contribution in [0.5, 0.6) is 5.75 Å². The number of aryl methyl sites for hydroxylation is 1. The van der Waals surface area contributed by atoms with Crippen molar-refractivity contribution in [3.8, 4) is 5.75 Å². The summed E-state index contributed by atoms with van der Waals surface area (Å²) in [5, 5.41) is 4.40. The minimum atomic E-state index is -2.92. The van der Waals surface area contributed by atoms with Crippen LogP contribution in [-0.2, 0) is 0 Å². The summed E-state index contributed by atoms with van der Waals surface area (Å²) in [5.74, 6) is 0.0569. The molecule has 0 aliphatic carbocycles. The molecule has 1 amide bonds. The zero-order valence-corrected chi connectivity index (χ0v) is 14.4. The molecule has 0 bridgehead atoms. The molecule has 130 valence electrons. The summed E-state index contributed by atoms with van der Waals surface area (Å²) in [6.45, 7) is 3.72. The third-order valence-electron chi connectivity index (χ3n) is 3.29. The second kappa shape index (κ2) is 8.09. The van der Waals surface area contributed by atoms with Crippen LogP contribution in [0.1, 0.15) is 19.4 Å². The predicted molar refractivity (Wildman–Crippen MR) is 85.7 cm³/mol. The maximum Gasteiger partial charge on any atom is 0.387 e. The highest BCUT2D eigenvalue weighted by Crippen LogP contribution is 2.36. The maximum atomic E-state index is 12.5. The Kier molecular flexibility index (Phi) is 6.13. The Bertz CT molecular complexity index is 705. The Morgan fingerprint density at radius 1 is 1.38 bits per heavy atom. The van der Waals surface area contributed by atoms with Crippen LogP contribution < -0.4 is 4.74 Å². The van der Waals surface area contributed by atoms with Crippen molar-refractivity contribution in [2.75, 3.05) is 13.1 Å². The first-order chi connectivity index (χ1) is 11.5. The Hall–Kier alpha value is -2.16. The molecule has 24 heavy (non-hydrogen) atoms. The molecule has 0 aliphatic heterocycles. The summed E-state index contributed by atoms with van der Waals surface area (Å²) >= 11 is 1.08. The molecule has 6 nitrogen and oxygen atoms in total. The molecule has 1 heterocycles. The standard InChI is InChI=1S/C15H18F2N4O2S/c1-4-20(5-2)15(22)21-9-18-14(19-21)24-12-10(3)7-6-8-11(12)23-13(16)17/h6-9,13H,4-5H2,1-3H3. The van der Waals surface area contributed by atoms with Crippen molar-refractivity contribution in [3.63, 3.8) is 0 Å². The second-order valence-corrected chi connectivity index (χ2v) is 5.79. The molecule has 0 unspecified atom stereocenters. The molecule has 0 atom stereocenters. The lowest BCUT2D eigenvalue weighted by Crippen LogP contribution is -2.34. The van der Waals surface area contributed by atoms with Crippen LogP contribution in [-0.4, -0.2) is 45.4 Å². The number of nitrogens with zero attached hydrogens (tertiary/aromatic N) is 4. The first kappa shape index (κ1) is 18.2. The van der Waals surface area contributed by atoms with Crippen LogP contribution in [0, 0.1) is 6.92 Å². The lowest BCUT2D eigenvalue weighted by Gasteiger charge is -2.17. The number of alkyl halides is 2. The highest BCUT2D eigenvalue weighted by atomic mass is 32.2. The van der Waals surface area contributed by atoms with E-state index >= 15 is 0 Å². The molecular formula is C15H18F2N4O2S. The summed E-state index contributed by atoms with van der Waals surface area (Å²) in [4.78, 5) is 18.4. The van der Waals surface area contributed by atoms with E-state index in [1.165, 1.54) is 12.4 Å². The van der Waals surface area contributed by atoms with Gasteiger partial charge >= 0.3 is 12.6 Å². The summed E-state index contributed by atoms with van der Waals surface area (Å²) in [6, 6.07) is 4.58. The summed E-state index contributed by atoms with van der Waals surface area (Å²) in [6.07, 6.45) is 1.31. The van der Waals surface area contributed by atoms with E-state index in [1.807, 2.05) is 13.8 Å². The lowest BCUT2D eigenvalue weighted by molar-refractivity contribution is -0.0517. The minimum Gasteiger partial charge on any atom is -0.434 e. The number of benzene rings is 1. The summed E-state index contributed by atoms with van der Waals surface area (Å²) in [7, 11) is 0. The molecule has 0 aliphatic rings. The van der Waals surface area contributed by atoms with Gasteiger partial charge in [-0.15, -0.1) is 5.10 Å². The fraction of sp³-hybridized carbons (Fsp3) is 0.400. The second-order valence-electron chi connectivity index (χ2n) is 4.81. The zero-order chi connectivity index (χ0) is 17.7. The number of halogens is 2. The van der Waals surface area contributed by atoms with Crippen LogP contribution in [0.2, 0.25) is 0 Å². The average molecular weight is 356 g/mol. The van der Waals surface area contributed by atoms with Crippen LogP contribution in [0.3, 0.4) is 0 Å². The normalized spacial score (nSPS) is 10.9. The molecule has 2 rings (SSSR count). The van der Waals surface area contributed by atoms with Gasteiger partial charge in [-0.25, -0.2) is 9.78 Å². The van der Waals surface area contributed by atoms with E-state index in [1.54, 1.807) is 24.0 Å². The van der Waals surface area contributed by atoms with Crippen molar-refractivity contribution in [2.45, 2.75) is 37.4 Å². The van der Waals surface area contributed by atoms with E-state index in [0.717, 1.165) is 22.0 Å². The molecule has 0 N–H and O–H groups in total. The van der Waals surface area contributed by atoms with Gasteiger partial charge in [-0.3, -0.25) is 0 Å². The van der Waals surface area contributed by atoms with Gasteiger partial charge in [0.2, 0.25) is 5.16 Å². The third-order valence-corrected chi connectivity index (χ3v) is 4.38. The van der Waals surface area contributed by atoms with Gasteiger partial charge in [-0.1, -0.05) is 12.1 Å². The quantitative estimate of drug-likeness (QED) is 0.791. The monoisotopic (exact) mass is 356 g/mol. The van der Waals surface area contributed by atoms with Gasteiger partial charge in [0.15, 0.2) is 0 Å². The van der Waals surface area contributed by atoms with Crippen molar-refractivity contribution in [1.82, 2.24) is 19.7 Å². The van der Waals surface area contributed by atoms with E-state index in [4.69, 9.17) is 0 Å². The Morgan fingerprint density at radius 2 is 2.08 bits per heavy atom. The van der Waals surface area contributed by atoms with Crippen LogP contribution >= 0.6 is 11.8 Å². The number of aromatic nitrogens is 3. The van der Waals surface area contributed by atoms with Crippen LogP contribution in [0.25, 0.3) is 0 Å². The molecule has 1 aromatic heterocycles. The predicted octanol–water partition coefficient (Wildman–Crippen LogP) is 3.65. The first-order valence-electron chi connectivity index (χ1n) is 7.39. The zero-order valence-electron chi connectivity index (χ0n) is 13.6. The number of hydrogen-bond acceptors (Lipinski definition) is 5. The Balaban J connectivity index is 2.23. The molecular weight excluding hydrogens is 338 g/mol. The molecule has 1 aromatic carbocycles. The van der Waals surface area contributed by atoms with E-state index in [0.29, 0.717) is 18.0 Å². The van der Waals surface area contributed by atoms with Gasteiger partial charge in [0.25, 0.3) is 0 Å². The maximum absolute atomic E-state index is 12.5. The number of carbonyl (C=O) groups excluding carboxylic acids is 1. The fourth-order valence-corrected chi connectivity index (χ4v) is 2.92. The van der Waals surface area contributed by atoms with E-state index in [-0.39, 0.29) is 16.9 Å². The van der Waals surface area contributed by atoms with E-state index in [9.17, 15) is 13.6 Å². The number of carbonyl (C=O) groups is 1. The summed E-state index contributed by atoms with van der Waals surface area (Å²) in [5.41, 5.74) is 0.754. The molecule has 9 heteroatoms. The smallest absolute Gasteiger partial charge is 0.387 e. The van der Waals surface area contributed by atoms with Crippen LogP contribution in [0.4, 0.5) is 13.6 Å². The van der Waals surface area contributed by atoms with Crippen molar-refractivity contribution >= 4 is 17.8 Å². The highest BCUT2D eigenvalue weighted by molar-refractivity contribution is 7.99. The van der Waals surface area contributed by atoms with Crippen molar-refractivity contribution in [2.24, 2.45) is 0 Å². The number of hydrogen-bond donors (Lipinski definition) is 0. The molecule has 0 saturated carbocycles. The lowest BCUT2D eigenvalue weighted by atomic mass is 10.2. The first-order valence-corrected chi connectivity index (χ1v) is 8.21. The van der Waals surface area contributed by atoms with Crippen molar-refractivity contribution < 1.29 is 18.3 Å². The summed E-state index contributed by atoms with van der Waals surface area (Å²) < 4.78 is 30.7. The van der Waals surface area contributed by atoms with E-state index < -0.39 is 6.61 Å². The number of rotatable bonds is 6. The van der Waals surface area contributed by atoms with Gasteiger partial charge in [0.1, 0.15) is 12.1 Å². The number of amides is 1. The van der Waals surface area contributed by atoms with Crippen LogP contribution in [0.15, 0.2) is 34.6 Å². The van der Waals surface area contributed by atoms with Crippen molar-refractivity contribution in [3.05, 3.63) is 30.1 Å². The van der Waals surface area contributed by atoms with Gasteiger partial charge < -0.3 is 9.64 Å². The topological polar surface area (TPSA) is 60.2 Å². The van der Waals surface area contributed by atoms with Gasteiger partial charge in [0, 0.05) is 13.1 Å². The molecule has 0 saturated heterocycles. The minimum absolute atomic E-state index is 0.0569. The van der Waals surface area contributed by atoms with Gasteiger partial charge in [0.05, 0.1) is 4.90 Å². The SMILES string of the molecule is CCN(CC)C(=O)n1cnc(Sc2c(C)cccc2OC(F)F)n1. The molecule has 2 aromatic rings. The molecule has 0 spiro atoms. The average Bonchev–Trinajstić information content (AvgIpc) is 3.00. The van der Waals surface area contributed by atoms with E-state index in [2.05, 4.69) is 14.8 Å². The van der Waals surface area contributed by atoms with Gasteiger partial charge in [-0.05, 0) is 44.2 Å². The highest BCUT2D eigenvalue weighted by Gasteiger charge is 2.18. The number of ether oxygens (including phenoxy) is 1. The Morgan fingerprint density at radius 3 is 2.71 bits per heavy atom. The molecule has 0 radical (unpaired) electrons. The third kappa shape index (κ3) is 4.22.